The van der Waals surface area contributed by atoms with Crippen LogP contribution < -0.4 is 11.1 Å². The lowest BCUT2D eigenvalue weighted by Crippen LogP contribution is -2.52. The second kappa shape index (κ2) is 17.9. The van der Waals surface area contributed by atoms with Crippen LogP contribution in [-0.2, 0) is 69.8 Å². The Kier molecular flexibility index (Phi) is 15.8. The van der Waals surface area contributed by atoms with E-state index < -0.39 is 113 Å². The van der Waals surface area contributed by atoms with Crippen LogP contribution in [0.1, 0.15) is 39.2 Å². The van der Waals surface area contributed by atoms with Crippen molar-refractivity contribution in [1.29, 1.82) is 0 Å². The van der Waals surface area contributed by atoms with Crippen molar-refractivity contribution in [3.8, 4) is 0 Å². The average Bonchev–Trinajstić information content (AvgIpc) is 2.88. The van der Waals surface area contributed by atoms with Crippen molar-refractivity contribution >= 4 is 58.0 Å². The van der Waals surface area contributed by atoms with E-state index in [0.29, 0.717) is 5.56 Å². The summed E-state index contributed by atoms with van der Waals surface area (Å²) in [6, 6.07) is 4.59. The molecule has 0 aromatic heterocycles. The Morgan fingerprint density at radius 1 is 0.978 bits per heavy atom. The fourth-order valence-electron chi connectivity index (χ4n) is 3.89. The molecule has 0 saturated carbocycles. The molecule has 45 heavy (non-hydrogen) atoms. The molecule has 16 nitrogen and oxygen atoms in total. The van der Waals surface area contributed by atoms with Gasteiger partial charge in [0, 0.05) is 20.1 Å². The van der Waals surface area contributed by atoms with Gasteiger partial charge in [0.05, 0.1) is 42.6 Å². The molecule has 4 atom stereocenters. The molecule has 1 amide bonds. The van der Waals surface area contributed by atoms with Crippen LogP contribution in [0.25, 0.3) is 0 Å². The van der Waals surface area contributed by atoms with E-state index in [4.69, 9.17) is 19.9 Å². The standard InChI is InChI=1S/C26H38N2O14S3/c1-16(29)23(25(33)40-12-10-22(41-17(2)30)42-18(3)31)28-24(32)20(14-19-8-6-5-7-9-19)15-45(38,39)26(43(34)35)21(27)11-13-44(4,36)37/h5-9,16,20-23,29H,10-15,27H2,1-4H3,(H,28,32). The number of benzene rings is 1. The van der Waals surface area contributed by atoms with Gasteiger partial charge in [-0.1, -0.05) is 30.3 Å². The molecule has 0 aliphatic heterocycles. The normalized spacial score (nSPS) is 14.4. The first kappa shape index (κ1) is 39.6. The van der Waals surface area contributed by atoms with Gasteiger partial charge in [-0.15, -0.1) is 0 Å². The Morgan fingerprint density at radius 2 is 1.53 bits per heavy atom. The van der Waals surface area contributed by atoms with E-state index in [1.54, 1.807) is 30.3 Å². The monoisotopic (exact) mass is 698 g/mol. The number of amides is 1. The summed E-state index contributed by atoms with van der Waals surface area (Å²) in [6.45, 7) is 2.78. The van der Waals surface area contributed by atoms with Crippen molar-refractivity contribution in [1.82, 2.24) is 5.32 Å². The summed E-state index contributed by atoms with van der Waals surface area (Å²) >= 11 is 0. The maximum atomic E-state index is 13.4. The molecule has 0 saturated heterocycles. The molecule has 4 unspecified atom stereocenters. The highest BCUT2D eigenvalue weighted by atomic mass is 32.2. The van der Waals surface area contributed by atoms with E-state index in [-0.39, 0.29) is 12.8 Å². The first-order valence-corrected chi connectivity index (χ1v) is 18.2. The van der Waals surface area contributed by atoms with Crippen LogP contribution in [0.4, 0.5) is 0 Å². The van der Waals surface area contributed by atoms with Crippen molar-refractivity contribution in [2.24, 2.45) is 11.7 Å². The van der Waals surface area contributed by atoms with Gasteiger partial charge in [0.1, 0.15) is 9.84 Å². The molecule has 0 aliphatic rings. The van der Waals surface area contributed by atoms with E-state index in [2.05, 4.69) is 5.32 Å². The van der Waals surface area contributed by atoms with E-state index in [1.165, 1.54) is 0 Å². The van der Waals surface area contributed by atoms with Gasteiger partial charge in [-0.2, -0.15) is 8.42 Å². The van der Waals surface area contributed by atoms with Gasteiger partial charge in [0.2, 0.25) is 16.2 Å². The highest BCUT2D eigenvalue weighted by Gasteiger charge is 2.36. The Bertz CT molecular complexity index is 1530. The molecule has 0 heterocycles. The molecule has 1 aromatic carbocycles. The minimum Gasteiger partial charge on any atom is -0.464 e. The highest BCUT2D eigenvalue weighted by molar-refractivity contribution is 8.15. The van der Waals surface area contributed by atoms with E-state index in [9.17, 15) is 49.5 Å². The van der Waals surface area contributed by atoms with Crippen molar-refractivity contribution in [3.05, 3.63) is 35.9 Å². The average molecular weight is 699 g/mol. The summed E-state index contributed by atoms with van der Waals surface area (Å²) in [7, 11) is -11.8. The van der Waals surface area contributed by atoms with Crippen LogP contribution in [0.2, 0.25) is 0 Å². The predicted octanol–water partition coefficient (Wildman–Crippen LogP) is -1.72. The molecule has 0 radical (unpaired) electrons. The summed E-state index contributed by atoms with van der Waals surface area (Å²) in [4.78, 5) is 48.6. The number of carbonyl (C=O) groups is 4. The molecular formula is C26H38N2O14S3. The second-order valence-electron chi connectivity index (χ2n) is 10.1. The Morgan fingerprint density at radius 3 is 2.00 bits per heavy atom. The zero-order valence-corrected chi connectivity index (χ0v) is 27.5. The number of hydrogen-bond acceptors (Lipinski definition) is 15. The van der Waals surface area contributed by atoms with Crippen molar-refractivity contribution in [2.45, 2.75) is 64.5 Å². The number of sulfone groups is 2. The second-order valence-corrected chi connectivity index (χ2v) is 15.5. The number of aliphatic hydroxyl groups is 1. The van der Waals surface area contributed by atoms with Crippen molar-refractivity contribution in [3.63, 3.8) is 0 Å². The summed E-state index contributed by atoms with van der Waals surface area (Å²) in [5.74, 6) is -7.01. The van der Waals surface area contributed by atoms with Crippen LogP contribution in [-0.4, -0.2) is 107 Å². The third kappa shape index (κ3) is 15.0. The Balaban J connectivity index is 3.24. The molecule has 254 valence electrons. The molecule has 19 heteroatoms. The number of ether oxygens (including phenoxy) is 3. The molecule has 0 fully saturated rings. The number of rotatable bonds is 17. The van der Waals surface area contributed by atoms with E-state index in [0.717, 1.165) is 27.0 Å². The molecule has 4 N–H and O–H groups in total. The zero-order valence-electron chi connectivity index (χ0n) is 25.1. The van der Waals surface area contributed by atoms with Crippen LogP contribution in [0.5, 0.6) is 0 Å². The molecule has 1 rings (SSSR count). The summed E-state index contributed by atoms with van der Waals surface area (Å²) in [5, 5.41) is 12.4. The molecular weight excluding hydrogens is 660 g/mol. The molecule has 1 aromatic rings. The fourth-order valence-corrected chi connectivity index (χ4v) is 7.52. The Hall–Kier alpha value is -3.39. The van der Waals surface area contributed by atoms with Gasteiger partial charge < -0.3 is 30.4 Å². The van der Waals surface area contributed by atoms with Crippen LogP contribution in [0, 0.1) is 5.92 Å². The van der Waals surface area contributed by atoms with E-state index >= 15 is 0 Å². The minimum absolute atomic E-state index is 0.253. The first-order chi connectivity index (χ1) is 20.7. The Labute approximate surface area is 263 Å². The molecule has 0 spiro atoms. The third-order valence-electron chi connectivity index (χ3n) is 5.92. The predicted molar refractivity (Wildman–Crippen MR) is 160 cm³/mol. The lowest BCUT2D eigenvalue weighted by atomic mass is 9.99. The first-order valence-electron chi connectivity index (χ1n) is 13.4. The maximum Gasteiger partial charge on any atom is 0.331 e. The summed E-state index contributed by atoms with van der Waals surface area (Å²) in [6.07, 6.45) is -3.14. The highest BCUT2D eigenvalue weighted by Crippen LogP contribution is 2.16. The SMILES string of the molecule is CC(=O)OC(CCOC(=O)C(NC(=O)C(Cc1ccccc1)CS(=O)(=O)C(C(N)CCS(C)(=O)=O)=S(=O)=O)C(C)O)OC(C)=O. The van der Waals surface area contributed by atoms with Gasteiger partial charge >= 0.3 is 17.9 Å². The number of nitrogens with one attached hydrogen (secondary N) is 1. The smallest absolute Gasteiger partial charge is 0.331 e. The summed E-state index contributed by atoms with van der Waals surface area (Å²) in [5.41, 5.74) is 6.24. The third-order valence-corrected chi connectivity index (χ3v) is 10.5. The maximum absolute atomic E-state index is 13.4. The number of nitrogens with two attached hydrogens (primary N) is 1. The van der Waals surface area contributed by atoms with Gasteiger partial charge in [0.25, 0.3) is 6.29 Å². The van der Waals surface area contributed by atoms with Gasteiger partial charge in [-0.05, 0) is 25.3 Å². The summed E-state index contributed by atoms with van der Waals surface area (Å²) < 4.78 is 87.0. The molecule has 0 bridgehead atoms. The number of aliphatic hydroxyl groups excluding tert-OH is 1. The van der Waals surface area contributed by atoms with Crippen LogP contribution in [0.15, 0.2) is 30.3 Å². The lowest BCUT2D eigenvalue weighted by molar-refractivity contribution is -0.188. The van der Waals surface area contributed by atoms with Gasteiger partial charge in [0.15, 0.2) is 20.1 Å². The van der Waals surface area contributed by atoms with Gasteiger partial charge in [-0.25, -0.2) is 21.6 Å². The fraction of sp³-hybridized carbons (Fsp3) is 0.577. The topological polar surface area (TPSA) is 257 Å². The zero-order chi connectivity index (χ0) is 34.5. The number of esters is 3. The number of hydrogen-bond donors (Lipinski definition) is 3. The van der Waals surface area contributed by atoms with Crippen LogP contribution in [0.3, 0.4) is 0 Å². The van der Waals surface area contributed by atoms with Crippen molar-refractivity contribution in [2.75, 3.05) is 24.4 Å². The van der Waals surface area contributed by atoms with Gasteiger partial charge in [-0.3, -0.25) is 14.4 Å². The van der Waals surface area contributed by atoms with E-state index in [1.807, 2.05) is 0 Å². The minimum atomic E-state index is -4.81. The van der Waals surface area contributed by atoms with Crippen molar-refractivity contribution < 1.29 is 63.7 Å². The van der Waals surface area contributed by atoms with Crippen LogP contribution >= 0.6 is 0 Å². The molecule has 0 aliphatic carbocycles. The number of carbonyl (C=O) groups excluding carboxylic acids is 4. The largest absolute Gasteiger partial charge is 0.464 e. The lowest BCUT2D eigenvalue weighted by Gasteiger charge is -2.24. The quantitative estimate of drug-likeness (QED) is 0.0929.